The van der Waals surface area contributed by atoms with E-state index < -0.39 is 0 Å². The summed E-state index contributed by atoms with van der Waals surface area (Å²) in [7, 11) is 0. The lowest BCUT2D eigenvalue weighted by Crippen LogP contribution is -2.22. The summed E-state index contributed by atoms with van der Waals surface area (Å²) in [5, 5.41) is 5.47. The zero-order valence-electron chi connectivity index (χ0n) is 8.74. The predicted molar refractivity (Wildman–Crippen MR) is 74.6 cm³/mol. The van der Waals surface area contributed by atoms with Crippen LogP contribution in [0.25, 0.3) is 0 Å². The summed E-state index contributed by atoms with van der Waals surface area (Å²) in [6.45, 7) is 0.539. The van der Waals surface area contributed by atoms with E-state index in [0.717, 1.165) is 9.35 Å². The standard InChI is InChI=1S/C12H9BrClNOS/c13-9-5-11(17-7-9)6-15-12(16)8-1-3-10(14)4-2-8/h1-5,7H,6H2,(H,15,16). The Bertz CT molecular complexity index is 524. The van der Waals surface area contributed by atoms with Crippen molar-refractivity contribution in [1.82, 2.24) is 5.32 Å². The average Bonchev–Trinajstić information content (AvgIpc) is 2.73. The van der Waals surface area contributed by atoms with Gasteiger partial charge < -0.3 is 5.32 Å². The van der Waals surface area contributed by atoms with E-state index in [9.17, 15) is 4.79 Å². The molecule has 0 aliphatic rings. The highest BCUT2D eigenvalue weighted by Crippen LogP contribution is 2.19. The van der Waals surface area contributed by atoms with Gasteiger partial charge in [0.25, 0.3) is 5.91 Å². The average molecular weight is 331 g/mol. The molecule has 0 spiro atoms. The normalized spacial score (nSPS) is 10.2. The van der Waals surface area contributed by atoms with Crippen molar-refractivity contribution in [2.45, 2.75) is 6.54 Å². The van der Waals surface area contributed by atoms with E-state index >= 15 is 0 Å². The Morgan fingerprint density at radius 1 is 1.35 bits per heavy atom. The number of benzene rings is 1. The number of halogens is 2. The Morgan fingerprint density at radius 2 is 2.06 bits per heavy atom. The maximum atomic E-state index is 11.8. The van der Waals surface area contributed by atoms with Gasteiger partial charge in [0.1, 0.15) is 0 Å². The molecule has 1 amide bonds. The SMILES string of the molecule is O=C(NCc1cc(Br)cs1)c1ccc(Cl)cc1. The van der Waals surface area contributed by atoms with Crippen LogP contribution in [0.3, 0.4) is 0 Å². The first kappa shape index (κ1) is 12.6. The highest BCUT2D eigenvalue weighted by molar-refractivity contribution is 9.10. The van der Waals surface area contributed by atoms with Gasteiger partial charge in [0.2, 0.25) is 0 Å². The summed E-state index contributed by atoms with van der Waals surface area (Å²) in [6.07, 6.45) is 0. The second-order valence-electron chi connectivity index (χ2n) is 3.42. The lowest BCUT2D eigenvalue weighted by Gasteiger charge is -2.03. The molecule has 0 bridgehead atoms. The van der Waals surface area contributed by atoms with Crippen LogP contribution in [0.5, 0.6) is 0 Å². The zero-order chi connectivity index (χ0) is 12.3. The maximum absolute atomic E-state index is 11.8. The van der Waals surface area contributed by atoms with Crippen molar-refractivity contribution in [3.05, 3.63) is 55.6 Å². The van der Waals surface area contributed by atoms with E-state index in [2.05, 4.69) is 21.2 Å². The summed E-state index contributed by atoms with van der Waals surface area (Å²) in [5.41, 5.74) is 0.616. The number of nitrogens with one attached hydrogen (secondary N) is 1. The van der Waals surface area contributed by atoms with Gasteiger partial charge in [-0.05, 0) is 46.3 Å². The number of amides is 1. The topological polar surface area (TPSA) is 29.1 Å². The third-order valence-corrected chi connectivity index (χ3v) is 4.10. The third kappa shape index (κ3) is 3.56. The Hall–Kier alpha value is -0.840. The van der Waals surface area contributed by atoms with Gasteiger partial charge in [-0.25, -0.2) is 0 Å². The molecule has 0 fully saturated rings. The van der Waals surface area contributed by atoms with Crippen molar-refractivity contribution in [3.63, 3.8) is 0 Å². The second kappa shape index (κ2) is 5.67. The fourth-order valence-electron chi connectivity index (χ4n) is 1.32. The van der Waals surface area contributed by atoms with E-state index in [1.807, 2.05) is 11.4 Å². The van der Waals surface area contributed by atoms with Crippen molar-refractivity contribution in [1.29, 1.82) is 0 Å². The lowest BCUT2D eigenvalue weighted by molar-refractivity contribution is 0.0951. The van der Waals surface area contributed by atoms with Crippen LogP contribution in [0, 0.1) is 0 Å². The fourth-order valence-corrected chi connectivity index (χ4v) is 2.83. The van der Waals surface area contributed by atoms with Crippen molar-refractivity contribution < 1.29 is 4.79 Å². The van der Waals surface area contributed by atoms with Gasteiger partial charge in [-0.3, -0.25) is 4.79 Å². The molecular weight excluding hydrogens is 322 g/mol. The van der Waals surface area contributed by atoms with Gasteiger partial charge in [-0.1, -0.05) is 11.6 Å². The Morgan fingerprint density at radius 3 is 2.65 bits per heavy atom. The summed E-state index contributed by atoms with van der Waals surface area (Å²) >= 11 is 10.7. The number of carbonyl (C=O) groups excluding carboxylic acids is 1. The Labute approximate surface area is 117 Å². The van der Waals surface area contributed by atoms with E-state index in [1.165, 1.54) is 0 Å². The molecule has 2 rings (SSSR count). The van der Waals surface area contributed by atoms with Crippen LogP contribution in [-0.4, -0.2) is 5.91 Å². The van der Waals surface area contributed by atoms with Crippen LogP contribution >= 0.6 is 38.9 Å². The molecule has 0 saturated heterocycles. The summed E-state index contributed by atoms with van der Waals surface area (Å²) in [5.74, 6) is -0.0915. The molecule has 0 aliphatic carbocycles. The van der Waals surface area contributed by atoms with Gasteiger partial charge in [0.05, 0.1) is 6.54 Å². The smallest absolute Gasteiger partial charge is 0.251 e. The Kier molecular flexibility index (Phi) is 4.20. The molecule has 2 nitrogen and oxygen atoms in total. The predicted octanol–water partition coefficient (Wildman–Crippen LogP) is 4.09. The molecule has 1 N–H and O–H groups in total. The molecule has 1 aromatic carbocycles. The van der Waals surface area contributed by atoms with E-state index in [4.69, 9.17) is 11.6 Å². The van der Waals surface area contributed by atoms with Crippen LogP contribution in [-0.2, 0) is 6.54 Å². The van der Waals surface area contributed by atoms with Crippen molar-refractivity contribution in [2.24, 2.45) is 0 Å². The van der Waals surface area contributed by atoms with Crippen LogP contribution < -0.4 is 5.32 Å². The third-order valence-electron chi connectivity index (χ3n) is 2.15. The summed E-state index contributed by atoms with van der Waals surface area (Å²) < 4.78 is 1.04. The van der Waals surface area contributed by atoms with Gasteiger partial charge in [-0.15, -0.1) is 11.3 Å². The first-order valence-corrected chi connectivity index (χ1v) is 6.97. The molecule has 0 radical (unpaired) electrons. The minimum Gasteiger partial charge on any atom is -0.347 e. The second-order valence-corrected chi connectivity index (χ2v) is 5.77. The number of hydrogen-bond donors (Lipinski definition) is 1. The summed E-state index contributed by atoms with van der Waals surface area (Å²) in [6, 6.07) is 8.83. The maximum Gasteiger partial charge on any atom is 0.251 e. The van der Waals surface area contributed by atoms with Gasteiger partial charge in [-0.2, -0.15) is 0 Å². The highest BCUT2D eigenvalue weighted by atomic mass is 79.9. The monoisotopic (exact) mass is 329 g/mol. The van der Waals surface area contributed by atoms with Crippen molar-refractivity contribution >= 4 is 44.8 Å². The zero-order valence-corrected chi connectivity index (χ0v) is 11.9. The van der Waals surface area contributed by atoms with Crippen LogP contribution in [0.4, 0.5) is 0 Å². The molecule has 5 heteroatoms. The molecule has 1 heterocycles. The van der Waals surface area contributed by atoms with Gasteiger partial charge in [0.15, 0.2) is 0 Å². The molecular formula is C12H9BrClNOS. The number of carbonyl (C=O) groups is 1. The van der Waals surface area contributed by atoms with Gasteiger partial charge >= 0.3 is 0 Å². The molecule has 88 valence electrons. The molecule has 0 aliphatic heterocycles. The van der Waals surface area contributed by atoms with E-state index in [0.29, 0.717) is 17.1 Å². The van der Waals surface area contributed by atoms with Gasteiger partial charge in [0, 0.05) is 25.3 Å². The number of hydrogen-bond acceptors (Lipinski definition) is 2. The largest absolute Gasteiger partial charge is 0.347 e. The quantitative estimate of drug-likeness (QED) is 0.902. The molecule has 0 unspecified atom stereocenters. The first-order chi connectivity index (χ1) is 8.15. The Balaban J connectivity index is 1.95. The van der Waals surface area contributed by atoms with E-state index in [1.54, 1.807) is 35.6 Å². The molecule has 1 aromatic heterocycles. The molecule has 0 saturated carbocycles. The van der Waals surface area contributed by atoms with Crippen molar-refractivity contribution in [2.75, 3.05) is 0 Å². The number of thiophene rings is 1. The highest BCUT2D eigenvalue weighted by Gasteiger charge is 2.05. The molecule has 2 aromatic rings. The molecule has 0 atom stereocenters. The van der Waals surface area contributed by atoms with Crippen molar-refractivity contribution in [3.8, 4) is 0 Å². The number of rotatable bonds is 3. The minimum atomic E-state index is -0.0915. The van der Waals surface area contributed by atoms with E-state index in [-0.39, 0.29) is 5.91 Å². The fraction of sp³-hybridized carbons (Fsp3) is 0.0833. The van der Waals surface area contributed by atoms with Crippen LogP contribution in [0.15, 0.2) is 40.2 Å². The van der Waals surface area contributed by atoms with Crippen LogP contribution in [0.1, 0.15) is 15.2 Å². The minimum absolute atomic E-state index is 0.0915. The molecule has 17 heavy (non-hydrogen) atoms. The lowest BCUT2D eigenvalue weighted by atomic mass is 10.2. The summed E-state index contributed by atoms with van der Waals surface area (Å²) in [4.78, 5) is 12.9. The van der Waals surface area contributed by atoms with Crippen LogP contribution in [0.2, 0.25) is 5.02 Å². The first-order valence-electron chi connectivity index (χ1n) is 4.92.